The number of amides is 1. The number of hydrogen-bond acceptors (Lipinski definition) is 4. The molecule has 0 radical (unpaired) electrons. The van der Waals surface area contributed by atoms with Crippen LogP contribution in [-0.2, 0) is 0 Å². The number of aromatic nitrogens is 2. The third kappa shape index (κ3) is 3.13. The average molecular weight is 359 g/mol. The van der Waals surface area contributed by atoms with Gasteiger partial charge in [-0.25, -0.2) is 9.48 Å². The van der Waals surface area contributed by atoms with E-state index < -0.39 is 5.63 Å². The Hall–Kier alpha value is -3.67. The van der Waals surface area contributed by atoms with E-state index in [0.29, 0.717) is 16.8 Å². The largest absolute Gasteiger partial charge is 0.423 e. The van der Waals surface area contributed by atoms with Crippen LogP contribution in [0.2, 0.25) is 0 Å². The number of aryl methyl sites for hydroxylation is 1. The molecular formula is C21H17N3O3. The van der Waals surface area contributed by atoms with E-state index in [2.05, 4.69) is 10.4 Å². The molecule has 0 saturated heterocycles. The molecule has 6 heteroatoms. The smallest absolute Gasteiger partial charge is 0.336 e. The molecule has 0 aliphatic heterocycles. The van der Waals surface area contributed by atoms with Crippen molar-refractivity contribution in [1.82, 2.24) is 9.78 Å². The van der Waals surface area contributed by atoms with Crippen LogP contribution < -0.4 is 10.9 Å². The zero-order valence-electron chi connectivity index (χ0n) is 14.9. The Bertz CT molecular complexity index is 1210. The van der Waals surface area contributed by atoms with Gasteiger partial charge in [-0.1, -0.05) is 18.2 Å². The summed E-state index contributed by atoms with van der Waals surface area (Å²) in [6.07, 6.45) is 1.54. The number of fused-ring (bicyclic) bond motifs is 1. The SMILES string of the molecule is Cc1cc(=O)oc2cc(NC(=O)c3cnn(-c4ccccc4)c3C)ccc12. The number of anilines is 1. The molecule has 134 valence electrons. The third-order valence-electron chi connectivity index (χ3n) is 4.46. The third-order valence-corrected chi connectivity index (χ3v) is 4.46. The van der Waals surface area contributed by atoms with Gasteiger partial charge in [0.25, 0.3) is 5.91 Å². The Balaban J connectivity index is 1.64. The summed E-state index contributed by atoms with van der Waals surface area (Å²) >= 11 is 0. The Morgan fingerprint density at radius 1 is 1.07 bits per heavy atom. The zero-order valence-corrected chi connectivity index (χ0v) is 14.9. The predicted octanol–water partition coefficient (Wildman–Crippen LogP) is 3.85. The van der Waals surface area contributed by atoms with Gasteiger partial charge in [0.1, 0.15) is 5.58 Å². The second-order valence-electron chi connectivity index (χ2n) is 6.30. The first-order valence-electron chi connectivity index (χ1n) is 8.49. The Kier molecular flexibility index (Phi) is 4.08. The minimum atomic E-state index is -0.413. The first-order valence-corrected chi connectivity index (χ1v) is 8.49. The predicted molar refractivity (Wildman–Crippen MR) is 103 cm³/mol. The Morgan fingerprint density at radius 2 is 1.85 bits per heavy atom. The molecule has 4 rings (SSSR count). The molecule has 0 aliphatic rings. The van der Waals surface area contributed by atoms with Gasteiger partial charge in [-0.2, -0.15) is 5.10 Å². The van der Waals surface area contributed by atoms with E-state index in [1.165, 1.54) is 6.07 Å². The zero-order chi connectivity index (χ0) is 19.0. The molecule has 0 atom stereocenters. The van der Waals surface area contributed by atoms with Gasteiger partial charge in [0, 0.05) is 23.2 Å². The Labute approximate surface area is 155 Å². The van der Waals surface area contributed by atoms with E-state index >= 15 is 0 Å². The molecule has 0 unspecified atom stereocenters. The highest BCUT2D eigenvalue weighted by molar-refractivity contribution is 6.05. The summed E-state index contributed by atoms with van der Waals surface area (Å²) < 4.78 is 6.95. The standard InChI is InChI=1S/C21H17N3O3/c1-13-10-20(25)27-19-11-15(8-9-17(13)19)23-21(26)18-12-22-24(14(18)2)16-6-4-3-5-7-16/h3-12H,1-2H3,(H,23,26). The summed E-state index contributed by atoms with van der Waals surface area (Å²) in [5, 5.41) is 7.99. The normalized spacial score (nSPS) is 10.9. The molecule has 1 N–H and O–H groups in total. The van der Waals surface area contributed by atoms with Crippen molar-refractivity contribution in [2.75, 3.05) is 5.32 Å². The lowest BCUT2D eigenvalue weighted by Gasteiger charge is -2.08. The molecule has 0 saturated carbocycles. The topological polar surface area (TPSA) is 77.1 Å². The van der Waals surface area contributed by atoms with Crippen molar-refractivity contribution < 1.29 is 9.21 Å². The van der Waals surface area contributed by atoms with E-state index in [4.69, 9.17) is 4.42 Å². The fourth-order valence-electron chi connectivity index (χ4n) is 3.06. The number of para-hydroxylation sites is 1. The highest BCUT2D eigenvalue weighted by Crippen LogP contribution is 2.22. The van der Waals surface area contributed by atoms with Crippen molar-refractivity contribution in [2.24, 2.45) is 0 Å². The van der Waals surface area contributed by atoms with Crippen LogP contribution in [0.15, 0.2) is 70.0 Å². The molecule has 0 aliphatic carbocycles. The molecule has 0 spiro atoms. The fraction of sp³-hybridized carbons (Fsp3) is 0.0952. The maximum atomic E-state index is 12.7. The number of nitrogens with one attached hydrogen (secondary N) is 1. The summed E-state index contributed by atoms with van der Waals surface area (Å²) in [7, 11) is 0. The van der Waals surface area contributed by atoms with Crippen molar-refractivity contribution in [3.8, 4) is 5.69 Å². The molecule has 4 aromatic rings. The lowest BCUT2D eigenvalue weighted by molar-refractivity contribution is 0.102. The molecule has 27 heavy (non-hydrogen) atoms. The van der Waals surface area contributed by atoms with Crippen LogP contribution in [0.1, 0.15) is 21.6 Å². The highest BCUT2D eigenvalue weighted by atomic mass is 16.4. The summed E-state index contributed by atoms with van der Waals surface area (Å²) in [6.45, 7) is 3.69. The van der Waals surface area contributed by atoms with Crippen LogP contribution in [0.5, 0.6) is 0 Å². The number of carbonyl (C=O) groups excluding carboxylic acids is 1. The van der Waals surface area contributed by atoms with Gasteiger partial charge in [-0.05, 0) is 43.7 Å². The van der Waals surface area contributed by atoms with Gasteiger partial charge in [0.05, 0.1) is 23.1 Å². The van der Waals surface area contributed by atoms with Crippen molar-refractivity contribution in [3.05, 3.63) is 88.0 Å². The van der Waals surface area contributed by atoms with Gasteiger partial charge in [-0.3, -0.25) is 4.79 Å². The molecule has 2 heterocycles. The summed E-state index contributed by atoms with van der Waals surface area (Å²) in [5.41, 5.74) is 3.51. The summed E-state index contributed by atoms with van der Waals surface area (Å²) in [6, 6.07) is 16.3. The molecule has 2 aromatic carbocycles. The summed E-state index contributed by atoms with van der Waals surface area (Å²) in [5.74, 6) is -0.274. The van der Waals surface area contributed by atoms with E-state index in [0.717, 1.165) is 22.3 Å². The van der Waals surface area contributed by atoms with E-state index in [1.807, 2.05) is 50.2 Å². The van der Waals surface area contributed by atoms with Gasteiger partial charge < -0.3 is 9.73 Å². The second-order valence-corrected chi connectivity index (χ2v) is 6.30. The van der Waals surface area contributed by atoms with Gasteiger partial charge >= 0.3 is 5.63 Å². The van der Waals surface area contributed by atoms with E-state index in [-0.39, 0.29) is 5.91 Å². The van der Waals surface area contributed by atoms with Crippen molar-refractivity contribution in [1.29, 1.82) is 0 Å². The minimum absolute atomic E-state index is 0.274. The van der Waals surface area contributed by atoms with Crippen molar-refractivity contribution in [2.45, 2.75) is 13.8 Å². The number of rotatable bonds is 3. The molecule has 2 aromatic heterocycles. The van der Waals surface area contributed by atoms with E-state index in [1.54, 1.807) is 23.0 Å². The quantitative estimate of drug-likeness (QED) is 0.564. The van der Waals surface area contributed by atoms with Crippen LogP contribution in [0.3, 0.4) is 0 Å². The van der Waals surface area contributed by atoms with Crippen molar-refractivity contribution in [3.63, 3.8) is 0 Å². The lowest BCUT2D eigenvalue weighted by Crippen LogP contribution is -2.13. The van der Waals surface area contributed by atoms with Crippen LogP contribution >= 0.6 is 0 Å². The second kappa shape index (κ2) is 6.57. The molecule has 6 nitrogen and oxygen atoms in total. The van der Waals surface area contributed by atoms with Crippen LogP contribution in [0.25, 0.3) is 16.7 Å². The van der Waals surface area contributed by atoms with Crippen LogP contribution in [0, 0.1) is 13.8 Å². The number of hydrogen-bond donors (Lipinski definition) is 1. The van der Waals surface area contributed by atoms with Crippen LogP contribution in [-0.4, -0.2) is 15.7 Å². The fourth-order valence-corrected chi connectivity index (χ4v) is 3.06. The first-order chi connectivity index (χ1) is 13.0. The number of carbonyl (C=O) groups is 1. The van der Waals surface area contributed by atoms with Crippen molar-refractivity contribution >= 4 is 22.6 Å². The molecular weight excluding hydrogens is 342 g/mol. The van der Waals surface area contributed by atoms with E-state index in [9.17, 15) is 9.59 Å². The maximum absolute atomic E-state index is 12.7. The Morgan fingerprint density at radius 3 is 2.63 bits per heavy atom. The lowest BCUT2D eigenvalue weighted by atomic mass is 10.1. The number of nitrogens with zero attached hydrogens (tertiary/aromatic N) is 2. The van der Waals surface area contributed by atoms with Crippen LogP contribution in [0.4, 0.5) is 5.69 Å². The monoisotopic (exact) mass is 359 g/mol. The molecule has 0 fully saturated rings. The minimum Gasteiger partial charge on any atom is -0.423 e. The average Bonchev–Trinajstić information content (AvgIpc) is 3.03. The van der Waals surface area contributed by atoms with Gasteiger partial charge in [-0.15, -0.1) is 0 Å². The summed E-state index contributed by atoms with van der Waals surface area (Å²) in [4.78, 5) is 24.3. The van der Waals surface area contributed by atoms with Gasteiger partial charge in [0.2, 0.25) is 0 Å². The molecule has 1 amide bonds. The number of benzene rings is 2. The highest BCUT2D eigenvalue weighted by Gasteiger charge is 2.15. The van der Waals surface area contributed by atoms with Gasteiger partial charge in [0.15, 0.2) is 0 Å². The molecule has 0 bridgehead atoms. The maximum Gasteiger partial charge on any atom is 0.336 e. The first kappa shape index (κ1) is 16.8.